The van der Waals surface area contributed by atoms with Crippen molar-refractivity contribution in [3.8, 4) is 11.3 Å². The first-order valence-corrected chi connectivity index (χ1v) is 8.79. The van der Waals surface area contributed by atoms with Gasteiger partial charge in [0.25, 0.3) is 0 Å². The molecule has 1 aromatic carbocycles. The molecule has 0 unspecified atom stereocenters. The van der Waals surface area contributed by atoms with Crippen LogP contribution < -0.4 is 5.32 Å². The van der Waals surface area contributed by atoms with Gasteiger partial charge >= 0.3 is 0 Å². The van der Waals surface area contributed by atoms with Gasteiger partial charge in [-0.25, -0.2) is 0 Å². The highest BCUT2D eigenvalue weighted by Crippen LogP contribution is 2.41. The summed E-state index contributed by atoms with van der Waals surface area (Å²) in [5.41, 5.74) is 5.66. The second-order valence-electron chi connectivity index (χ2n) is 6.45. The van der Waals surface area contributed by atoms with Gasteiger partial charge in [0.1, 0.15) is 0 Å². The summed E-state index contributed by atoms with van der Waals surface area (Å²) >= 11 is 0. The Morgan fingerprint density at radius 2 is 1.88 bits per heavy atom. The summed E-state index contributed by atoms with van der Waals surface area (Å²) in [5.74, 6) is 0.439. The molecule has 0 saturated heterocycles. The van der Waals surface area contributed by atoms with Gasteiger partial charge in [0.15, 0.2) is 5.78 Å². The van der Waals surface area contributed by atoms with Crippen molar-refractivity contribution in [1.82, 2.24) is 9.97 Å². The van der Waals surface area contributed by atoms with Crippen molar-refractivity contribution in [3.05, 3.63) is 66.1 Å². The Bertz CT molecular complexity index is 880. The fourth-order valence-corrected chi connectivity index (χ4v) is 3.16. The van der Waals surface area contributed by atoms with Crippen LogP contribution in [-0.2, 0) is 6.42 Å². The van der Waals surface area contributed by atoms with Gasteiger partial charge in [-0.2, -0.15) is 0 Å². The van der Waals surface area contributed by atoms with E-state index < -0.39 is 0 Å². The van der Waals surface area contributed by atoms with E-state index in [-0.39, 0.29) is 11.7 Å². The Kier molecular flexibility index (Phi) is 4.10. The minimum atomic E-state index is 0.183. The van der Waals surface area contributed by atoms with Gasteiger partial charge in [0, 0.05) is 35.3 Å². The Morgan fingerprint density at radius 3 is 2.52 bits per heavy atom. The van der Waals surface area contributed by atoms with Crippen molar-refractivity contribution in [3.63, 3.8) is 0 Å². The van der Waals surface area contributed by atoms with E-state index >= 15 is 0 Å². The van der Waals surface area contributed by atoms with Crippen molar-refractivity contribution in [2.75, 3.05) is 5.32 Å². The lowest BCUT2D eigenvalue weighted by Crippen LogP contribution is -2.06. The molecule has 0 spiro atoms. The van der Waals surface area contributed by atoms with Crippen molar-refractivity contribution in [1.29, 1.82) is 0 Å². The number of hydrogen-bond donors (Lipinski definition) is 2. The molecule has 2 aromatic heterocycles. The number of para-hydroxylation sites is 1. The van der Waals surface area contributed by atoms with Crippen LogP contribution in [0, 0.1) is 5.92 Å². The predicted molar refractivity (Wildman–Crippen MR) is 100 cm³/mol. The fourth-order valence-electron chi connectivity index (χ4n) is 3.16. The molecule has 3 aromatic rings. The van der Waals surface area contributed by atoms with E-state index in [4.69, 9.17) is 0 Å². The van der Waals surface area contributed by atoms with Crippen molar-refractivity contribution in [2.24, 2.45) is 5.92 Å². The van der Waals surface area contributed by atoms with Crippen LogP contribution in [0.5, 0.6) is 0 Å². The van der Waals surface area contributed by atoms with Crippen LogP contribution in [0.1, 0.15) is 35.8 Å². The molecule has 25 heavy (non-hydrogen) atoms. The molecule has 0 atom stereocenters. The normalized spacial score (nSPS) is 13.6. The van der Waals surface area contributed by atoms with Crippen molar-refractivity contribution < 1.29 is 4.79 Å². The second-order valence-corrected chi connectivity index (χ2v) is 6.45. The Morgan fingerprint density at radius 1 is 1.16 bits per heavy atom. The first kappa shape index (κ1) is 15.6. The number of rotatable bonds is 6. The summed E-state index contributed by atoms with van der Waals surface area (Å²) in [6.07, 6.45) is 6.35. The Balaban J connectivity index is 1.87. The molecule has 4 heteroatoms. The average Bonchev–Trinajstić information content (AvgIpc) is 3.45. The van der Waals surface area contributed by atoms with Gasteiger partial charge in [-0.15, -0.1) is 0 Å². The Hall–Kier alpha value is -2.88. The average molecular weight is 331 g/mol. The molecule has 2 N–H and O–H groups in total. The van der Waals surface area contributed by atoms with Gasteiger partial charge in [0.05, 0.1) is 16.9 Å². The number of anilines is 2. The van der Waals surface area contributed by atoms with E-state index in [0.717, 1.165) is 53.2 Å². The molecule has 1 aliphatic rings. The van der Waals surface area contributed by atoms with Gasteiger partial charge in [-0.3, -0.25) is 9.78 Å². The summed E-state index contributed by atoms with van der Waals surface area (Å²) in [6.45, 7) is 2.08. The molecule has 0 amide bonds. The molecule has 1 saturated carbocycles. The number of carbonyl (C=O) groups is 1. The minimum absolute atomic E-state index is 0.183. The summed E-state index contributed by atoms with van der Waals surface area (Å²) in [5, 5.41) is 3.49. The number of H-pyrrole nitrogens is 1. The maximum atomic E-state index is 13.0. The van der Waals surface area contributed by atoms with E-state index in [1.165, 1.54) is 0 Å². The zero-order valence-electron chi connectivity index (χ0n) is 14.3. The van der Waals surface area contributed by atoms with Gasteiger partial charge in [0.2, 0.25) is 0 Å². The SMILES string of the molecule is CCc1[nH]c(-c2ccncc2)c(Nc2ccccc2)c1C(=O)C1CC1. The number of hydrogen-bond acceptors (Lipinski definition) is 3. The highest BCUT2D eigenvalue weighted by Gasteiger charge is 2.35. The number of benzene rings is 1. The van der Waals surface area contributed by atoms with Crippen LogP contribution in [0.4, 0.5) is 11.4 Å². The molecule has 1 fully saturated rings. The third-order valence-corrected chi connectivity index (χ3v) is 4.64. The van der Waals surface area contributed by atoms with Crippen molar-refractivity contribution in [2.45, 2.75) is 26.2 Å². The largest absolute Gasteiger partial charge is 0.356 e. The smallest absolute Gasteiger partial charge is 0.169 e. The van der Waals surface area contributed by atoms with Gasteiger partial charge in [-0.05, 0) is 43.5 Å². The number of nitrogens with one attached hydrogen (secondary N) is 2. The maximum Gasteiger partial charge on any atom is 0.169 e. The maximum absolute atomic E-state index is 13.0. The summed E-state index contributed by atoms with van der Waals surface area (Å²) in [7, 11) is 0. The molecule has 2 heterocycles. The summed E-state index contributed by atoms with van der Waals surface area (Å²) < 4.78 is 0. The van der Waals surface area contributed by atoms with Crippen LogP contribution in [0.2, 0.25) is 0 Å². The monoisotopic (exact) mass is 331 g/mol. The lowest BCUT2D eigenvalue weighted by Gasteiger charge is -2.11. The lowest BCUT2D eigenvalue weighted by atomic mass is 10.0. The van der Waals surface area contributed by atoms with E-state index in [2.05, 4.69) is 22.2 Å². The van der Waals surface area contributed by atoms with Crippen LogP contribution in [0.25, 0.3) is 11.3 Å². The summed E-state index contributed by atoms with van der Waals surface area (Å²) in [6, 6.07) is 13.9. The van der Waals surface area contributed by atoms with Crippen molar-refractivity contribution >= 4 is 17.2 Å². The number of pyridine rings is 1. The molecular weight excluding hydrogens is 310 g/mol. The van der Waals surface area contributed by atoms with Crippen LogP contribution in [0.3, 0.4) is 0 Å². The number of aromatic amines is 1. The quantitative estimate of drug-likeness (QED) is 0.627. The molecule has 1 aliphatic carbocycles. The lowest BCUT2D eigenvalue weighted by molar-refractivity contribution is 0.0967. The predicted octanol–water partition coefficient (Wildman–Crippen LogP) is 4.98. The zero-order valence-corrected chi connectivity index (χ0v) is 14.3. The first-order chi connectivity index (χ1) is 12.3. The van der Waals surface area contributed by atoms with Gasteiger partial charge < -0.3 is 10.3 Å². The number of carbonyl (C=O) groups excluding carboxylic acids is 1. The van der Waals surface area contributed by atoms with Crippen LogP contribution in [0.15, 0.2) is 54.9 Å². The van der Waals surface area contributed by atoms with Gasteiger partial charge in [-0.1, -0.05) is 25.1 Å². The third-order valence-electron chi connectivity index (χ3n) is 4.64. The molecule has 0 aliphatic heterocycles. The molecular formula is C21H21N3O. The molecule has 126 valence electrons. The highest BCUT2D eigenvalue weighted by atomic mass is 16.1. The topological polar surface area (TPSA) is 57.8 Å². The summed E-state index contributed by atoms with van der Waals surface area (Å²) in [4.78, 5) is 20.6. The molecule has 4 nitrogen and oxygen atoms in total. The van der Waals surface area contributed by atoms with E-state index in [1.807, 2.05) is 42.5 Å². The first-order valence-electron chi connectivity index (χ1n) is 8.79. The number of nitrogens with zero attached hydrogens (tertiary/aromatic N) is 1. The van der Waals surface area contributed by atoms with Crippen LogP contribution >= 0.6 is 0 Å². The van der Waals surface area contributed by atoms with E-state index in [0.29, 0.717) is 0 Å². The number of aromatic nitrogens is 2. The molecule has 4 rings (SSSR count). The second kappa shape index (κ2) is 6.55. The fraction of sp³-hybridized carbons (Fsp3) is 0.238. The van der Waals surface area contributed by atoms with Crippen LogP contribution in [-0.4, -0.2) is 15.8 Å². The third kappa shape index (κ3) is 3.07. The molecule has 0 radical (unpaired) electrons. The van der Waals surface area contributed by atoms with E-state index in [1.54, 1.807) is 12.4 Å². The minimum Gasteiger partial charge on any atom is -0.356 e. The van der Waals surface area contributed by atoms with E-state index in [9.17, 15) is 4.79 Å². The Labute approximate surface area is 147 Å². The zero-order chi connectivity index (χ0) is 17.2. The molecule has 0 bridgehead atoms. The standard InChI is InChI=1S/C21H21N3O/c1-2-17-18(21(25)15-8-9-15)20(23-16-6-4-3-5-7-16)19(24-17)14-10-12-22-13-11-14/h3-7,10-13,15,23-24H,2,8-9H2,1H3. The highest BCUT2D eigenvalue weighted by molar-refractivity contribution is 6.08. The number of ketones is 1. The number of Topliss-reactive ketones (excluding diaryl/α,β-unsaturated/α-hetero) is 1. The number of aryl methyl sites for hydroxylation is 1.